The Morgan fingerprint density at radius 2 is 1.77 bits per heavy atom. The molecule has 0 spiro atoms. The Balaban J connectivity index is 2.52. The first-order chi connectivity index (χ1) is 12.3. The number of carboxylic acid groups (broad SMARTS) is 1. The maximum atomic E-state index is 11.9. The van der Waals surface area contributed by atoms with Crippen LogP contribution in [0.15, 0.2) is 48.5 Å². The molecule has 0 fully saturated rings. The number of carboxylic acids is 1. The van der Waals surface area contributed by atoms with Gasteiger partial charge in [-0.1, -0.05) is 43.1 Å². The minimum atomic E-state index is -1.19. The Morgan fingerprint density at radius 1 is 1.15 bits per heavy atom. The molecule has 6 nitrogen and oxygen atoms in total. The van der Waals surface area contributed by atoms with Crippen molar-refractivity contribution < 1.29 is 24.5 Å². The van der Waals surface area contributed by atoms with E-state index in [4.69, 9.17) is 4.74 Å². The molecule has 1 unspecified atom stereocenters. The molecule has 7 heteroatoms. The standard InChI is InChI=1S/C19H21NO5S/c1-12(21)20(26)18(19(23)24)16(13-7-9-15(22)10-8-13)11-14-5-3-4-6-17(14)25-2/h3-10,16,18,22,26H,11H2,1-2H3,(H,23,24)/t16?,18-/m0/s1. The Kier molecular flexibility index (Phi) is 6.52. The van der Waals surface area contributed by atoms with Crippen LogP contribution in [0, 0.1) is 0 Å². The van der Waals surface area contributed by atoms with E-state index in [0.717, 1.165) is 9.87 Å². The summed E-state index contributed by atoms with van der Waals surface area (Å²) in [7, 11) is 1.55. The second-order valence-corrected chi connectivity index (χ2v) is 6.29. The predicted octanol–water partition coefficient (Wildman–Crippen LogP) is 2.87. The van der Waals surface area contributed by atoms with Crippen molar-refractivity contribution in [3.05, 3.63) is 59.7 Å². The summed E-state index contributed by atoms with van der Waals surface area (Å²) >= 11 is 4.11. The van der Waals surface area contributed by atoms with E-state index in [0.29, 0.717) is 17.7 Å². The summed E-state index contributed by atoms with van der Waals surface area (Å²) in [5, 5.41) is 19.3. The quantitative estimate of drug-likeness (QED) is 0.648. The van der Waals surface area contributed by atoms with Crippen molar-refractivity contribution in [1.82, 2.24) is 4.31 Å². The van der Waals surface area contributed by atoms with Crippen molar-refractivity contribution in [2.75, 3.05) is 7.11 Å². The second-order valence-electron chi connectivity index (χ2n) is 5.86. The van der Waals surface area contributed by atoms with Gasteiger partial charge in [-0.25, -0.2) is 4.79 Å². The van der Waals surface area contributed by atoms with Crippen molar-refractivity contribution in [3.63, 3.8) is 0 Å². The molecule has 0 saturated heterocycles. The molecule has 0 saturated carbocycles. The van der Waals surface area contributed by atoms with Crippen LogP contribution in [0.4, 0.5) is 0 Å². The molecule has 2 N–H and O–H groups in total. The Hall–Kier alpha value is -2.67. The first kappa shape index (κ1) is 19.7. The number of rotatable bonds is 7. The Bertz CT molecular complexity index is 778. The monoisotopic (exact) mass is 375 g/mol. The maximum absolute atomic E-state index is 11.9. The molecule has 0 aliphatic carbocycles. The average molecular weight is 375 g/mol. The largest absolute Gasteiger partial charge is 0.508 e. The third kappa shape index (κ3) is 4.49. The summed E-state index contributed by atoms with van der Waals surface area (Å²) in [6, 6.07) is 12.4. The van der Waals surface area contributed by atoms with Crippen molar-refractivity contribution in [1.29, 1.82) is 0 Å². The van der Waals surface area contributed by atoms with Crippen LogP contribution in [-0.2, 0) is 16.0 Å². The van der Waals surface area contributed by atoms with Crippen LogP contribution in [0.2, 0.25) is 0 Å². The SMILES string of the molecule is COc1ccccc1CC(c1ccc(O)cc1)[C@@H](C(=O)O)N(S)C(C)=O. The van der Waals surface area contributed by atoms with E-state index < -0.39 is 23.8 Å². The fourth-order valence-electron chi connectivity index (χ4n) is 2.88. The van der Waals surface area contributed by atoms with E-state index in [1.807, 2.05) is 18.2 Å². The van der Waals surface area contributed by atoms with E-state index in [-0.39, 0.29) is 5.75 Å². The van der Waals surface area contributed by atoms with E-state index >= 15 is 0 Å². The van der Waals surface area contributed by atoms with Gasteiger partial charge in [0.1, 0.15) is 17.5 Å². The summed E-state index contributed by atoms with van der Waals surface area (Å²) < 4.78 is 6.29. The molecule has 2 aromatic rings. The fraction of sp³-hybridized carbons (Fsp3) is 0.263. The zero-order chi connectivity index (χ0) is 19.3. The van der Waals surface area contributed by atoms with Gasteiger partial charge in [-0.15, -0.1) is 0 Å². The van der Waals surface area contributed by atoms with Gasteiger partial charge in [-0.2, -0.15) is 0 Å². The van der Waals surface area contributed by atoms with Gasteiger partial charge in [0.05, 0.1) is 7.11 Å². The lowest BCUT2D eigenvalue weighted by atomic mass is 9.85. The third-order valence-corrected chi connectivity index (χ3v) is 4.70. The maximum Gasteiger partial charge on any atom is 0.328 e. The number of hydrogen-bond acceptors (Lipinski definition) is 5. The highest BCUT2D eigenvalue weighted by Crippen LogP contribution is 2.33. The number of phenols is 1. The van der Waals surface area contributed by atoms with Crippen LogP contribution in [0.3, 0.4) is 0 Å². The van der Waals surface area contributed by atoms with Gasteiger partial charge >= 0.3 is 5.97 Å². The Morgan fingerprint density at radius 3 is 2.31 bits per heavy atom. The first-order valence-corrected chi connectivity index (χ1v) is 8.37. The van der Waals surface area contributed by atoms with Crippen LogP contribution >= 0.6 is 12.8 Å². The second kappa shape index (κ2) is 8.62. The molecule has 0 bridgehead atoms. The van der Waals surface area contributed by atoms with Gasteiger partial charge in [-0.05, 0) is 35.7 Å². The number of nitrogens with zero attached hydrogens (tertiary/aromatic N) is 1. The number of para-hydroxylation sites is 1. The van der Waals surface area contributed by atoms with E-state index in [1.165, 1.54) is 19.1 Å². The molecule has 2 rings (SSSR count). The number of hydrogen-bond donors (Lipinski definition) is 3. The van der Waals surface area contributed by atoms with E-state index in [1.54, 1.807) is 25.3 Å². The lowest BCUT2D eigenvalue weighted by Gasteiger charge is -2.30. The number of thiol groups is 1. The topological polar surface area (TPSA) is 87.1 Å². The number of phenolic OH excluding ortho intramolecular Hbond substituents is 1. The van der Waals surface area contributed by atoms with Crippen LogP contribution in [-0.4, -0.2) is 39.5 Å². The van der Waals surface area contributed by atoms with Crippen LogP contribution < -0.4 is 4.74 Å². The van der Waals surface area contributed by atoms with Crippen LogP contribution in [0.25, 0.3) is 0 Å². The minimum absolute atomic E-state index is 0.0750. The van der Waals surface area contributed by atoms with Gasteiger partial charge in [0, 0.05) is 12.8 Å². The van der Waals surface area contributed by atoms with Gasteiger partial charge in [-0.3, -0.25) is 9.10 Å². The zero-order valence-electron chi connectivity index (χ0n) is 14.5. The fourth-order valence-corrected chi connectivity index (χ4v) is 3.14. The highest BCUT2D eigenvalue weighted by atomic mass is 32.1. The van der Waals surface area contributed by atoms with Gasteiger partial charge in [0.15, 0.2) is 0 Å². The highest BCUT2D eigenvalue weighted by Gasteiger charge is 2.35. The normalized spacial score (nSPS) is 12.9. The number of aromatic hydroxyl groups is 1. The van der Waals surface area contributed by atoms with Crippen molar-refractivity contribution in [2.45, 2.75) is 25.3 Å². The summed E-state index contributed by atoms with van der Waals surface area (Å²) in [6.07, 6.45) is 0.316. The number of methoxy groups -OCH3 is 1. The molecule has 0 aliphatic rings. The molecular formula is C19H21NO5S. The summed E-state index contributed by atoms with van der Waals surface area (Å²) in [5.74, 6) is -1.52. The number of benzene rings is 2. The summed E-state index contributed by atoms with van der Waals surface area (Å²) in [5.41, 5.74) is 1.48. The minimum Gasteiger partial charge on any atom is -0.508 e. The van der Waals surface area contributed by atoms with Crippen molar-refractivity contribution in [2.24, 2.45) is 0 Å². The molecule has 0 radical (unpaired) electrons. The third-order valence-electron chi connectivity index (χ3n) is 4.17. The van der Waals surface area contributed by atoms with Gasteiger partial charge < -0.3 is 14.9 Å². The highest BCUT2D eigenvalue weighted by molar-refractivity contribution is 7.78. The Labute approximate surface area is 157 Å². The van der Waals surface area contributed by atoms with Gasteiger partial charge in [0.25, 0.3) is 0 Å². The molecule has 26 heavy (non-hydrogen) atoms. The molecule has 2 atom stereocenters. The van der Waals surface area contributed by atoms with E-state index in [9.17, 15) is 19.8 Å². The van der Waals surface area contributed by atoms with E-state index in [2.05, 4.69) is 12.8 Å². The molecule has 138 valence electrons. The van der Waals surface area contributed by atoms with Crippen molar-refractivity contribution >= 4 is 24.7 Å². The molecule has 1 amide bonds. The zero-order valence-corrected chi connectivity index (χ0v) is 15.4. The molecule has 2 aromatic carbocycles. The number of ether oxygens (including phenoxy) is 1. The van der Waals surface area contributed by atoms with Gasteiger partial charge in [0.2, 0.25) is 5.91 Å². The van der Waals surface area contributed by atoms with Crippen LogP contribution in [0.5, 0.6) is 11.5 Å². The van der Waals surface area contributed by atoms with Crippen molar-refractivity contribution in [3.8, 4) is 11.5 Å². The smallest absolute Gasteiger partial charge is 0.328 e. The summed E-state index contributed by atoms with van der Waals surface area (Å²) in [6.45, 7) is 1.26. The number of carbonyl (C=O) groups excluding carboxylic acids is 1. The predicted molar refractivity (Wildman–Crippen MR) is 100 cm³/mol. The molecule has 0 heterocycles. The lowest BCUT2D eigenvalue weighted by molar-refractivity contribution is -0.146. The molecule has 0 aliphatic heterocycles. The average Bonchev–Trinajstić information content (AvgIpc) is 2.61. The lowest BCUT2D eigenvalue weighted by Crippen LogP contribution is -2.43. The van der Waals surface area contributed by atoms with Crippen LogP contribution in [0.1, 0.15) is 24.0 Å². The molecule has 0 aromatic heterocycles. The number of amides is 1. The molecular weight excluding hydrogens is 354 g/mol. The number of aliphatic carboxylic acids is 1. The summed E-state index contributed by atoms with van der Waals surface area (Å²) in [4.78, 5) is 23.7. The first-order valence-electron chi connectivity index (χ1n) is 7.97. The number of carbonyl (C=O) groups is 2.